The van der Waals surface area contributed by atoms with E-state index in [2.05, 4.69) is 15.5 Å². The Labute approximate surface area is 86.4 Å². The Morgan fingerprint density at radius 1 is 1.64 bits per heavy atom. The predicted molar refractivity (Wildman–Crippen MR) is 56.0 cm³/mol. The molecule has 0 fully saturated rings. The predicted octanol–water partition coefficient (Wildman–Crippen LogP) is 1.12. The van der Waals surface area contributed by atoms with Gasteiger partial charge in [-0.05, 0) is 22.4 Å². The van der Waals surface area contributed by atoms with Gasteiger partial charge in [-0.15, -0.1) is 0 Å². The van der Waals surface area contributed by atoms with E-state index in [1.165, 1.54) is 0 Å². The minimum absolute atomic E-state index is 0.0177. The van der Waals surface area contributed by atoms with Crippen molar-refractivity contribution in [1.29, 1.82) is 0 Å². The number of nitrogens with two attached hydrogens (primary N) is 1. The number of thiophene rings is 1. The van der Waals surface area contributed by atoms with Crippen LogP contribution in [0.5, 0.6) is 0 Å². The highest BCUT2D eigenvalue weighted by molar-refractivity contribution is 7.07. The van der Waals surface area contributed by atoms with E-state index in [1.54, 1.807) is 22.3 Å². The zero-order chi connectivity index (χ0) is 9.97. The van der Waals surface area contributed by atoms with Crippen LogP contribution in [0, 0.1) is 0 Å². The lowest BCUT2D eigenvalue weighted by molar-refractivity contribution is 0.631. The monoisotopic (exact) mass is 208 g/mol. The molecule has 0 spiro atoms. The van der Waals surface area contributed by atoms with Crippen LogP contribution in [0.2, 0.25) is 0 Å². The first-order valence-corrected chi connectivity index (χ1v) is 5.32. The van der Waals surface area contributed by atoms with Crippen LogP contribution in [-0.2, 0) is 13.5 Å². The normalized spacial score (nSPS) is 13.0. The number of aryl methyl sites for hydroxylation is 1. The summed E-state index contributed by atoms with van der Waals surface area (Å²) in [6.07, 6.45) is 2.28. The van der Waals surface area contributed by atoms with Crippen LogP contribution >= 0.6 is 11.3 Å². The van der Waals surface area contributed by atoms with Crippen LogP contribution in [0.15, 0.2) is 23.2 Å². The molecule has 0 radical (unpaired) electrons. The second kappa shape index (κ2) is 3.89. The van der Waals surface area contributed by atoms with Crippen molar-refractivity contribution in [2.75, 3.05) is 0 Å². The maximum Gasteiger partial charge on any atom is 0.138 e. The molecule has 1 unspecified atom stereocenters. The minimum atomic E-state index is 0.0177. The lowest BCUT2D eigenvalue weighted by Crippen LogP contribution is -2.15. The molecule has 0 saturated carbocycles. The molecule has 2 heterocycles. The number of hydrogen-bond acceptors (Lipinski definition) is 4. The molecule has 0 aliphatic rings. The van der Waals surface area contributed by atoms with E-state index in [0.29, 0.717) is 0 Å². The molecule has 0 aliphatic carbocycles. The van der Waals surface area contributed by atoms with Crippen molar-refractivity contribution in [2.45, 2.75) is 12.5 Å². The molecular weight excluding hydrogens is 196 g/mol. The fourth-order valence-electron chi connectivity index (χ4n) is 1.31. The van der Waals surface area contributed by atoms with Crippen LogP contribution in [0.4, 0.5) is 0 Å². The zero-order valence-electron chi connectivity index (χ0n) is 7.92. The molecule has 2 aromatic heterocycles. The third-order valence-electron chi connectivity index (χ3n) is 2.18. The van der Waals surface area contributed by atoms with E-state index in [4.69, 9.17) is 5.73 Å². The van der Waals surface area contributed by atoms with Crippen molar-refractivity contribution in [3.8, 4) is 0 Å². The Morgan fingerprint density at radius 2 is 2.50 bits per heavy atom. The van der Waals surface area contributed by atoms with Gasteiger partial charge in [0.05, 0.1) is 0 Å². The first kappa shape index (κ1) is 9.36. The molecule has 4 nitrogen and oxygen atoms in total. The van der Waals surface area contributed by atoms with Crippen molar-refractivity contribution in [3.05, 3.63) is 34.5 Å². The summed E-state index contributed by atoms with van der Waals surface area (Å²) in [7, 11) is 1.88. The molecule has 0 saturated heterocycles. The van der Waals surface area contributed by atoms with Gasteiger partial charge in [0.25, 0.3) is 0 Å². The molecule has 2 rings (SSSR count). The first-order valence-electron chi connectivity index (χ1n) is 4.38. The highest BCUT2D eigenvalue weighted by Gasteiger charge is 2.10. The Hall–Kier alpha value is -1.20. The van der Waals surface area contributed by atoms with E-state index in [9.17, 15) is 0 Å². The maximum absolute atomic E-state index is 6.03. The van der Waals surface area contributed by atoms with Gasteiger partial charge in [0.1, 0.15) is 12.2 Å². The van der Waals surface area contributed by atoms with Gasteiger partial charge >= 0.3 is 0 Å². The van der Waals surface area contributed by atoms with Gasteiger partial charge < -0.3 is 5.73 Å². The molecule has 0 aromatic carbocycles. The summed E-state index contributed by atoms with van der Waals surface area (Å²) >= 11 is 1.66. The van der Waals surface area contributed by atoms with Crippen molar-refractivity contribution in [2.24, 2.45) is 12.8 Å². The Morgan fingerprint density at radius 3 is 3.07 bits per heavy atom. The van der Waals surface area contributed by atoms with Crippen LogP contribution in [0.1, 0.15) is 17.4 Å². The van der Waals surface area contributed by atoms with Gasteiger partial charge in [-0.1, -0.05) is 0 Å². The fraction of sp³-hybridized carbons (Fsp3) is 0.333. The average Bonchev–Trinajstić information content (AvgIpc) is 2.77. The third kappa shape index (κ3) is 1.83. The fourth-order valence-corrected chi connectivity index (χ4v) is 2.03. The summed E-state index contributed by atoms with van der Waals surface area (Å²) < 4.78 is 1.76. The lowest BCUT2D eigenvalue weighted by Gasteiger charge is -2.08. The van der Waals surface area contributed by atoms with E-state index < -0.39 is 0 Å². The van der Waals surface area contributed by atoms with Crippen LogP contribution in [0.3, 0.4) is 0 Å². The Balaban J connectivity index is 2.09. The quantitative estimate of drug-likeness (QED) is 0.822. The molecule has 1 atom stereocenters. The van der Waals surface area contributed by atoms with Gasteiger partial charge in [0.2, 0.25) is 0 Å². The molecule has 2 aromatic rings. The molecule has 74 valence electrons. The maximum atomic E-state index is 6.03. The largest absolute Gasteiger partial charge is 0.324 e. The average molecular weight is 208 g/mol. The molecule has 0 bridgehead atoms. The number of nitrogens with zero attached hydrogens (tertiary/aromatic N) is 3. The van der Waals surface area contributed by atoms with Gasteiger partial charge in [-0.2, -0.15) is 16.4 Å². The second-order valence-corrected chi connectivity index (χ2v) is 3.95. The van der Waals surface area contributed by atoms with Gasteiger partial charge in [0.15, 0.2) is 0 Å². The SMILES string of the molecule is Cn1ncnc1CC(N)c1ccsc1. The van der Waals surface area contributed by atoms with E-state index in [-0.39, 0.29) is 6.04 Å². The third-order valence-corrected chi connectivity index (χ3v) is 2.88. The lowest BCUT2D eigenvalue weighted by atomic mass is 10.1. The topological polar surface area (TPSA) is 56.7 Å². The summed E-state index contributed by atoms with van der Waals surface area (Å²) in [4.78, 5) is 4.14. The van der Waals surface area contributed by atoms with Crippen molar-refractivity contribution < 1.29 is 0 Å². The highest BCUT2D eigenvalue weighted by Crippen LogP contribution is 2.16. The van der Waals surface area contributed by atoms with E-state index in [1.807, 2.05) is 18.5 Å². The molecule has 5 heteroatoms. The number of aromatic nitrogens is 3. The summed E-state index contributed by atoms with van der Waals surface area (Å²) in [5.74, 6) is 0.920. The Bertz CT molecular complexity index is 393. The van der Waals surface area contributed by atoms with Crippen molar-refractivity contribution >= 4 is 11.3 Å². The number of rotatable bonds is 3. The molecule has 2 N–H and O–H groups in total. The van der Waals surface area contributed by atoms with Crippen LogP contribution in [0.25, 0.3) is 0 Å². The summed E-state index contributed by atoms with van der Waals surface area (Å²) in [5.41, 5.74) is 7.19. The summed E-state index contributed by atoms with van der Waals surface area (Å²) in [5, 5.41) is 8.11. The minimum Gasteiger partial charge on any atom is -0.324 e. The summed E-state index contributed by atoms with van der Waals surface area (Å²) in [6, 6.07) is 2.07. The smallest absolute Gasteiger partial charge is 0.138 e. The first-order chi connectivity index (χ1) is 6.77. The van der Waals surface area contributed by atoms with Crippen molar-refractivity contribution in [1.82, 2.24) is 14.8 Å². The Kier molecular flexibility index (Phi) is 2.60. The van der Waals surface area contributed by atoms with E-state index >= 15 is 0 Å². The van der Waals surface area contributed by atoms with Gasteiger partial charge in [-0.3, -0.25) is 4.68 Å². The van der Waals surface area contributed by atoms with Gasteiger partial charge in [-0.25, -0.2) is 4.98 Å². The highest BCUT2D eigenvalue weighted by atomic mass is 32.1. The summed E-state index contributed by atoms with van der Waals surface area (Å²) in [6.45, 7) is 0. The molecular formula is C9H12N4S. The van der Waals surface area contributed by atoms with Crippen LogP contribution < -0.4 is 5.73 Å². The molecule has 0 aliphatic heterocycles. The zero-order valence-corrected chi connectivity index (χ0v) is 8.74. The standard InChI is InChI=1S/C9H12N4S/c1-13-9(11-6-12-13)4-8(10)7-2-3-14-5-7/h2-3,5-6,8H,4,10H2,1H3. The second-order valence-electron chi connectivity index (χ2n) is 3.17. The van der Waals surface area contributed by atoms with E-state index in [0.717, 1.165) is 17.8 Å². The van der Waals surface area contributed by atoms with Gasteiger partial charge in [0, 0.05) is 19.5 Å². The van der Waals surface area contributed by atoms with Crippen LogP contribution in [-0.4, -0.2) is 14.8 Å². The number of hydrogen-bond donors (Lipinski definition) is 1. The molecule has 14 heavy (non-hydrogen) atoms. The van der Waals surface area contributed by atoms with Crippen molar-refractivity contribution in [3.63, 3.8) is 0 Å². The molecule has 0 amide bonds.